The van der Waals surface area contributed by atoms with E-state index in [0.717, 1.165) is 25.1 Å². The Labute approximate surface area is 127 Å². The van der Waals surface area contributed by atoms with Gasteiger partial charge in [-0.15, -0.1) is 0 Å². The second kappa shape index (κ2) is 7.76. The van der Waals surface area contributed by atoms with E-state index < -0.39 is 6.10 Å². The van der Waals surface area contributed by atoms with Gasteiger partial charge in [-0.2, -0.15) is 0 Å². The fraction of sp³-hybridized carbons (Fsp3) is 0.647. The zero-order valence-corrected chi connectivity index (χ0v) is 13.8. The normalized spacial score (nSPS) is 15.8. The van der Waals surface area contributed by atoms with E-state index in [2.05, 4.69) is 32.6 Å². The van der Waals surface area contributed by atoms with Gasteiger partial charge in [0.25, 0.3) is 0 Å². The van der Waals surface area contributed by atoms with Gasteiger partial charge in [0.1, 0.15) is 0 Å². The fourth-order valence-corrected chi connectivity index (χ4v) is 2.90. The lowest BCUT2D eigenvalue weighted by Gasteiger charge is -2.43. The molecule has 1 aromatic rings. The molecule has 0 aromatic heterocycles. The van der Waals surface area contributed by atoms with E-state index in [4.69, 9.17) is 4.74 Å². The highest BCUT2D eigenvalue weighted by Crippen LogP contribution is 2.27. The molecule has 0 spiro atoms. The monoisotopic (exact) mass is 297 g/mol. The Kier molecular flexibility index (Phi) is 6.62. The van der Waals surface area contributed by atoms with Crippen LogP contribution in [-0.4, -0.2) is 41.8 Å². The average Bonchev–Trinajstić information content (AvgIpc) is 2.48. The molecule has 2 atom stereocenters. The second-order valence-corrected chi connectivity index (χ2v) is 5.57. The molecule has 0 heterocycles. The molecule has 0 aliphatic rings. The molecule has 0 saturated carbocycles. The number of halogens is 1. The molecule has 0 aliphatic heterocycles. The van der Waals surface area contributed by atoms with Crippen molar-refractivity contribution in [1.82, 2.24) is 4.90 Å². The van der Waals surface area contributed by atoms with Crippen molar-refractivity contribution in [3.8, 4) is 5.75 Å². The second-order valence-electron chi connectivity index (χ2n) is 5.57. The number of rotatable bonds is 8. The topological polar surface area (TPSA) is 32.7 Å². The summed E-state index contributed by atoms with van der Waals surface area (Å²) >= 11 is 0. The van der Waals surface area contributed by atoms with Gasteiger partial charge in [0.05, 0.1) is 13.2 Å². The lowest BCUT2D eigenvalue weighted by atomic mass is 9.85. The number of likely N-dealkylation sites (N-methyl/N-ethyl adjacent to an activating group) is 1. The molecule has 21 heavy (non-hydrogen) atoms. The Hall–Kier alpha value is -1.13. The number of hydrogen-bond acceptors (Lipinski definition) is 3. The number of ether oxygens (including phenoxy) is 1. The summed E-state index contributed by atoms with van der Waals surface area (Å²) in [6, 6.07) is 4.86. The zero-order valence-electron chi connectivity index (χ0n) is 13.8. The number of aliphatic hydroxyl groups excluding tert-OH is 1. The summed E-state index contributed by atoms with van der Waals surface area (Å²) < 4.78 is 18.7. The van der Waals surface area contributed by atoms with Gasteiger partial charge in [0.2, 0.25) is 0 Å². The van der Waals surface area contributed by atoms with Crippen molar-refractivity contribution in [2.45, 2.75) is 52.2 Å². The van der Waals surface area contributed by atoms with Crippen LogP contribution in [0.2, 0.25) is 0 Å². The van der Waals surface area contributed by atoms with Crippen molar-refractivity contribution in [2.75, 3.05) is 20.2 Å². The van der Waals surface area contributed by atoms with Crippen LogP contribution in [0.4, 0.5) is 4.39 Å². The minimum absolute atomic E-state index is 0.232. The number of benzene rings is 1. The van der Waals surface area contributed by atoms with Gasteiger partial charge in [0, 0.05) is 12.0 Å². The van der Waals surface area contributed by atoms with Crippen molar-refractivity contribution < 1.29 is 14.2 Å². The van der Waals surface area contributed by atoms with E-state index in [1.807, 2.05) is 6.07 Å². The predicted molar refractivity (Wildman–Crippen MR) is 84.3 cm³/mol. The largest absolute Gasteiger partial charge is 0.494 e. The minimum Gasteiger partial charge on any atom is -0.494 e. The van der Waals surface area contributed by atoms with E-state index in [9.17, 15) is 9.50 Å². The third-order valence-corrected chi connectivity index (χ3v) is 4.56. The van der Waals surface area contributed by atoms with E-state index >= 15 is 0 Å². The summed E-state index contributed by atoms with van der Waals surface area (Å²) in [6.07, 6.45) is 0.728. The minimum atomic E-state index is -0.546. The van der Waals surface area contributed by atoms with Crippen LogP contribution in [0, 0.1) is 5.82 Å². The van der Waals surface area contributed by atoms with Crippen LogP contribution in [0.1, 0.15) is 39.7 Å². The summed E-state index contributed by atoms with van der Waals surface area (Å²) in [4.78, 5) is 2.26. The van der Waals surface area contributed by atoms with E-state index in [1.54, 1.807) is 6.07 Å². The molecule has 0 aliphatic carbocycles. The van der Waals surface area contributed by atoms with Crippen LogP contribution < -0.4 is 4.74 Å². The summed E-state index contributed by atoms with van der Waals surface area (Å²) in [5, 5.41) is 10.7. The van der Waals surface area contributed by atoms with E-state index in [-0.39, 0.29) is 17.1 Å². The first-order chi connectivity index (χ1) is 9.92. The molecule has 0 saturated heterocycles. The molecule has 0 bridgehead atoms. The first-order valence-corrected chi connectivity index (χ1v) is 7.68. The van der Waals surface area contributed by atoms with Gasteiger partial charge < -0.3 is 9.84 Å². The van der Waals surface area contributed by atoms with Crippen molar-refractivity contribution in [1.29, 1.82) is 0 Å². The first-order valence-electron chi connectivity index (χ1n) is 7.68. The molecule has 0 radical (unpaired) electrons. The Balaban J connectivity index is 2.92. The van der Waals surface area contributed by atoms with Gasteiger partial charge in [-0.1, -0.05) is 26.8 Å². The molecule has 1 aromatic carbocycles. The van der Waals surface area contributed by atoms with E-state index in [0.29, 0.717) is 6.42 Å². The predicted octanol–water partition coefficient (Wildman–Crippen LogP) is 3.25. The lowest BCUT2D eigenvalue weighted by molar-refractivity contribution is -0.0190. The van der Waals surface area contributed by atoms with Gasteiger partial charge in [-0.25, -0.2) is 4.39 Å². The Morgan fingerprint density at radius 2 is 1.90 bits per heavy atom. The maximum absolute atomic E-state index is 13.8. The molecular formula is C17H28FNO2. The maximum Gasteiger partial charge on any atom is 0.165 e. The molecule has 2 unspecified atom stereocenters. The van der Waals surface area contributed by atoms with Crippen LogP contribution in [0.15, 0.2) is 18.2 Å². The van der Waals surface area contributed by atoms with Crippen LogP contribution in [0.3, 0.4) is 0 Å². The lowest BCUT2D eigenvalue weighted by Crippen LogP contribution is -2.54. The van der Waals surface area contributed by atoms with Crippen molar-refractivity contribution >= 4 is 0 Å². The van der Waals surface area contributed by atoms with Gasteiger partial charge in [-0.3, -0.25) is 4.90 Å². The summed E-state index contributed by atoms with van der Waals surface area (Å²) in [6.45, 7) is 10.1. The standard InChI is InChI=1S/C17H28FNO2/c1-6-17(4,19(7-2)8-3)16(20)12-13-9-10-15(21-5)14(18)11-13/h9-11,16,20H,6-8,12H2,1-5H3. The summed E-state index contributed by atoms with van der Waals surface area (Å²) in [5.41, 5.74) is 0.479. The Morgan fingerprint density at radius 1 is 1.29 bits per heavy atom. The summed E-state index contributed by atoms with van der Waals surface area (Å²) in [7, 11) is 1.45. The van der Waals surface area contributed by atoms with Gasteiger partial charge >= 0.3 is 0 Å². The highest BCUT2D eigenvalue weighted by atomic mass is 19.1. The van der Waals surface area contributed by atoms with Crippen molar-refractivity contribution in [3.63, 3.8) is 0 Å². The Morgan fingerprint density at radius 3 is 2.33 bits per heavy atom. The first kappa shape index (κ1) is 17.9. The molecule has 0 amide bonds. The molecule has 3 nitrogen and oxygen atoms in total. The van der Waals surface area contributed by atoms with Gasteiger partial charge in [-0.05, 0) is 44.1 Å². The fourth-order valence-electron chi connectivity index (χ4n) is 2.90. The smallest absolute Gasteiger partial charge is 0.165 e. The molecule has 0 fully saturated rings. The highest BCUT2D eigenvalue weighted by Gasteiger charge is 2.35. The quantitative estimate of drug-likeness (QED) is 0.799. The van der Waals surface area contributed by atoms with Crippen molar-refractivity contribution in [3.05, 3.63) is 29.6 Å². The molecule has 1 N–H and O–H groups in total. The number of methoxy groups -OCH3 is 1. The molecule has 120 valence electrons. The highest BCUT2D eigenvalue weighted by molar-refractivity contribution is 5.30. The zero-order chi connectivity index (χ0) is 16.0. The Bertz CT molecular complexity index is 448. The number of aliphatic hydroxyl groups is 1. The van der Waals surface area contributed by atoms with Crippen LogP contribution in [0.5, 0.6) is 5.75 Å². The average molecular weight is 297 g/mol. The molecule has 1 rings (SSSR count). The molecular weight excluding hydrogens is 269 g/mol. The SMILES string of the molecule is CCN(CC)C(C)(CC)C(O)Cc1ccc(OC)c(F)c1. The van der Waals surface area contributed by atoms with Crippen LogP contribution in [0.25, 0.3) is 0 Å². The van der Waals surface area contributed by atoms with Crippen molar-refractivity contribution in [2.24, 2.45) is 0 Å². The molecule has 4 heteroatoms. The maximum atomic E-state index is 13.8. The number of hydrogen-bond donors (Lipinski definition) is 1. The summed E-state index contributed by atoms with van der Waals surface area (Å²) in [5.74, 6) is -0.154. The van der Waals surface area contributed by atoms with E-state index in [1.165, 1.54) is 13.2 Å². The van der Waals surface area contributed by atoms with Crippen LogP contribution in [-0.2, 0) is 6.42 Å². The van der Waals surface area contributed by atoms with Gasteiger partial charge in [0.15, 0.2) is 11.6 Å². The third kappa shape index (κ3) is 3.95. The third-order valence-electron chi connectivity index (χ3n) is 4.56. The number of nitrogens with zero attached hydrogens (tertiary/aromatic N) is 1. The van der Waals surface area contributed by atoms with Crippen LogP contribution >= 0.6 is 0 Å².